The molecular weight excluding hydrogens is 214 g/mol. The van der Waals surface area contributed by atoms with Crippen LogP contribution in [-0.4, -0.2) is 25.9 Å². The molecule has 4 heteroatoms. The Bertz CT molecular complexity index is 494. The molecule has 2 heterocycles. The fraction of sp³-hybridized carbons (Fsp3) is 0.615. The SMILES string of the molecule is OCCn1ccn2nc(C3CCCCC3)cc12. The van der Waals surface area contributed by atoms with E-state index in [4.69, 9.17) is 5.11 Å². The molecule has 2 aromatic heterocycles. The Morgan fingerprint density at radius 2 is 2.06 bits per heavy atom. The lowest BCUT2D eigenvalue weighted by Crippen LogP contribution is -2.05. The van der Waals surface area contributed by atoms with Gasteiger partial charge in [0.1, 0.15) is 5.65 Å². The molecule has 4 nitrogen and oxygen atoms in total. The average molecular weight is 233 g/mol. The fourth-order valence-corrected chi connectivity index (χ4v) is 2.84. The van der Waals surface area contributed by atoms with Crippen molar-refractivity contribution in [2.75, 3.05) is 6.61 Å². The van der Waals surface area contributed by atoms with Crippen molar-refractivity contribution in [2.24, 2.45) is 0 Å². The van der Waals surface area contributed by atoms with Gasteiger partial charge < -0.3 is 9.67 Å². The lowest BCUT2D eigenvalue weighted by Gasteiger charge is -2.19. The van der Waals surface area contributed by atoms with Crippen LogP contribution in [0.1, 0.15) is 43.7 Å². The Kier molecular flexibility index (Phi) is 2.89. The van der Waals surface area contributed by atoms with Crippen LogP contribution in [0.2, 0.25) is 0 Å². The van der Waals surface area contributed by atoms with Gasteiger partial charge in [-0.05, 0) is 12.8 Å². The van der Waals surface area contributed by atoms with Gasteiger partial charge in [-0.2, -0.15) is 5.10 Å². The standard InChI is InChI=1S/C13H19N3O/c17-9-8-15-6-7-16-13(15)10-12(14-16)11-4-2-1-3-5-11/h6-7,10-11,17H,1-5,8-9H2. The summed E-state index contributed by atoms with van der Waals surface area (Å²) >= 11 is 0. The van der Waals surface area contributed by atoms with Crippen molar-refractivity contribution in [3.63, 3.8) is 0 Å². The third-order valence-electron chi connectivity index (χ3n) is 3.78. The van der Waals surface area contributed by atoms with Crippen molar-refractivity contribution in [1.29, 1.82) is 0 Å². The first-order valence-corrected chi connectivity index (χ1v) is 6.54. The van der Waals surface area contributed by atoms with E-state index in [1.165, 1.54) is 37.8 Å². The van der Waals surface area contributed by atoms with Gasteiger partial charge in [0.25, 0.3) is 0 Å². The molecule has 2 aromatic rings. The summed E-state index contributed by atoms with van der Waals surface area (Å²) in [7, 11) is 0. The fourth-order valence-electron chi connectivity index (χ4n) is 2.84. The lowest BCUT2D eigenvalue weighted by molar-refractivity contribution is 0.278. The molecule has 0 aromatic carbocycles. The van der Waals surface area contributed by atoms with Gasteiger partial charge in [0, 0.05) is 30.9 Å². The zero-order valence-corrected chi connectivity index (χ0v) is 10.0. The molecule has 0 saturated heterocycles. The van der Waals surface area contributed by atoms with Crippen LogP contribution < -0.4 is 0 Å². The molecule has 92 valence electrons. The summed E-state index contributed by atoms with van der Waals surface area (Å²) in [6.07, 6.45) is 10.5. The number of aliphatic hydroxyl groups is 1. The van der Waals surface area contributed by atoms with Crippen molar-refractivity contribution in [2.45, 2.75) is 44.6 Å². The Morgan fingerprint density at radius 3 is 2.82 bits per heavy atom. The molecule has 1 aliphatic rings. The van der Waals surface area contributed by atoms with Crippen molar-refractivity contribution < 1.29 is 5.11 Å². The second-order valence-electron chi connectivity index (χ2n) is 4.92. The first kappa shape index (κ1) is 10.8. The van der Waals surface area contributed by atoms with Gasteiger partial charge in [-0.15, -0.1) is 0 Å². The Balaban J connectivity index is 1.90. The number of imidazole rings is 1. The molecule has 0 radical (unpaired) electrons. The quantitative estimate of drug-likeness (QED) is 0.883. The Hall–Kier alpha value is -1.29. The van der Waals surface area contributed by atoms with Crippen LogP contribution in [0, 0.1) is 0 Å². The van der Waals surface area contributed by atoms with Crippen molar-refractivity contribution in [3.8, 4) is 0 Å². The normalized spacial score (nSPS) is 17.9. The molecule has 17 heavy (non-hydrogen) atoms. The van der Waals surface area contributed by atoms with E-state index >= 15 is 0 Å². The van der Waals surface area contributed by atoms with Crippen LogP contribution >= 0.6 is 0 Å². The maximum Gasteiger partial charge on any atom is 0.136 e. The second kappa shape index (κ2) is 4.53. The van der Waals surface area contributed by atoms with Crippen LogP contribution in [-0.2, 0) is 6.54 Å². The third-order valence-corrected chi connectivity index (χ3v) is 3.78. The van der Waals surface area contributed by atoms with Gasteiger partial charge in [-0.1, -0.05) is 19.3 Å². The van der Waals surface area contributed by atoms with Crippen molar-refractivity contribution >= 4 is 5.65 Å². The van der Waals surface area contributed by atoms with Crippen LogP contribution in [0.4, 0.5) is 0 Å². The van der Waals surface area contributed by atoms with Gasteiger partial charge in [0.05, 0.1) is 12.3 Å². The monoisotopic (exact) mass is 233 g/mol. The van der Waals surface area contributed by atoms with Gasteiger partial charge in [-0.25, -0.2) is 4.52 Å². The number of fused-ring (bicyclic) bond motifs is 1. The molecule has 0 atom stereocenters. The van der Waals surface area contributed by atoms with E-state index in [-0.39, 0.29) is 6.61 Å². The summed E-state index contributed by atoms with van der Waals surface area (Å²) in [6.45, 7) is 0.820. The first-order chi connectivity index (χ1) is 8.38. The smallest absolute Gasteiger partial charge is 0.136 e. The summed E-state index contributed by atoms with van der Waals surface area (Å²) in [4.78, 5) is 0. The highest BCUT2D eigenvalue weighted by Gasteiger charge is 2.19. The molecule has 0 spiro atoms. The van der Waals surface area contributed by atoms with E-state index in [0.29, 0.717) is 12.5 Å². The number of hydrogen-bond donors (Lipinski definition) is 1. The number of aliphatic hydroxyl groups excluding tert-OH is 1. The van der Waals surface area contributed by atoms with E-state index in [1.807, 2.05) is 16.9 Å². The molecule has 0 aliphatic heterocycles. The minimum Gasteiger partial charge on any atom is -0.395 e. The topological polar surface area (TPSA) is 42.5 Å². The van der Waals surface area contributed by atoms with Crippen LogP contribution in [0.25, 0.3) is 5.65 Å². The summed E-state index contributed by atoms with van der Waals surface area (Å²) in [6, 6.07) is 2.19. The van der Waals surface area contributed by atoms with Crippen molar-refractivity contribution in [3.05, 3.63) is 24.2 Å². The van der Waals surface area contributed by atoms with E-state index in [2.05, 4.69) is 15.7 Å². The summed E-state index contributed by atoms with van der Waals surface area (Å²) in [5.41, 5.74) is 2.33. The minimum absolute atomic E-state index is 0.175. The number of hydrogen-bond acceptors (Lipinski definition) is 2. The molecule has 3 rings (SSSR count). The second-order valence-corrected chi connectivity index (χ2v) is 4.92. The predicted octanol–water partition coefficient (Wildman–Crippen LogP) is 2.18. The average Bonchev–Trinajstić information content (AvgIpc) is 2.93. The Labute approximate surface area is 101 Å². The van der Waals surface area contributed by atoms with Gasteiger partial charge in [0.2, 0.25) is 0 Å². The highest BCUT2D eigenvalue weighted by Crippen LogP contribution is 2.32. The summed E-state index contributed by atoms with van der Waals surface area (Å²) < 4.78 is 3.99. The van der Waals surface area contributed by atoms with E-state index < -0.39 is 0 Å². The minimum atomic E-state index is 0.175. The lowest BCUT2D eigenvalue weighted by atomic mass is 9.87. The molecule has 1 saturated carbocycles. The van der Waals surface area contributed by atoms with Crippen LogP contribution in [0.3, 0.4) is 0 Å². The molecular formula is C13H19N3O. The maximum absolute atomic E-state index is 9.00. The Morgan fingerprint density at radius 1 is 1.24 bits per heavy atom. The summed E-state index contributed by atoms with van der Waals surface area (Å²) in [5.74, 6) is 0.645. The van der Waals surface area contributed by atoms with E-state index in [0.717, 1.165) is 5.65 Å². The molecule has 0 amide bonds. The maximum atomic E-state index is 9.00. The van der Waals surface area contributed by atoms with Gasteiger partial charge in [-0.3, -0.25) is 0 Å². The number of aromatic nitrogens is 3. The third kappa shape index (κ3) is 1.97. The summed E-state index contributed by atoms with van der Waals surface area (Å²) in [5, 5.41) is 13.7. The van der Waals surface area contributed by atoms with E-state index in [1.54, 1.807) is 0 Å². The van der Waals surface area contributed by atoms with Crippen LogP contribution in [0.5, 0.6) is 0 Å². The van der Waals surface area contributed by atoms with E-state index in [9.17, 15) is 0 Å². The highest BCUT2D eigenvalue weighted by molar-refractivity contribution is 5.42. The largest absolute Gasteiger partial charge is 0.395 e. The molecule has 0 bridgehead atoms. The molecule has 0 unspecified atom stereocenters. The predicted molar refractivity (Wildman–Crippen MR) is 66.1 cm³/mol. The molecule has 1 aliphatic carbocycles. The first-order valence-electron chi connectivity index (χ1n) is 6.54. The zero-order chi connectivity index (χ0) is 11.7. The van der Waals surface area contributed by atoms with Gasteiger partial charge in [0.15, 0.2) is 0 Å². The number of rotatable bonds is 3. The molecule has 1 fully saturated rings. The van der Waals surface area contributed by atoms with Crippen molar-refractivity contribution in [1.82, 2.24) is 14.2 Å². The molecule has 1 N–H and O–H groups in total. The van der Waals surface area contributed by atoms with Crippen LogP contribution in [0.15, 0.2) is 18.5 Å². The zero-order valence-electron chi connectivity index (χ0n) is 10.0. The highest BCUT2D eigenvalue weighted by atomic mass is 16.3. The number of nitrogens with zero attached hydrogens (tertiary/aromatic N) is 3. The van der Waals surface area contributed by atoms with Gasteiger partial charge >= 0.3 is 0 Å².